The highest BCUT2D eigenvalue weighted by Crippen LogP contribution is 2.42. The summed E-state index contributed by atoms with van der Waals surface area (Å²) in [7, 11) is 1.37. The van der Waals surface area contributed by atoms with E-state index >= 15 is 0 Å². The van der Waals surface area contributed by atoms with Gasteiger partial charge in [-0.2, -0.15) is 23.3 Å². The summed E-state index contributed by atoms with van der Waals surface area (Å²) < 4.78 is 46.5. The Morgan fingerprint density at radius 1 is 1.26 bits per heavy atom. The molecular weight excluding hydrogens is 429 g/mol. The van der Waals surface area contributed by atoms with Crippen molar-refractivity contribution in [2.45, 2.75) is 18.3 Å². The highest BCUT2D eigenvalue weighted by molar-refractivity contribution is 9.10. The molecule has 0 aliphatic carbocycles. The van der Waals surface area contributed by atoms with Crippen molar-refractivity contribution in [1.29, 1.82) is 0 Å². The quantitative estimate of drug-likeness (QED) is 0.782. The Balaban J connectivity index is 2.06. The van der Waals surface area contributed by atoms with Gasteiger partial charge in [0.15, 0.2) is 0 Å². The van der Waals surface area contributed by atoms with Crippen LogP contribution in [0.4, 0.5) is 13.2 Å². The highest BCUT2D eigenvalue weighted by atomic mass is 79.9. The summed E-state index contributed by atoms with van der Waals surface area (Å²) in [5.74, 6) is -0.787. The van der Waals surface area contributed by atoms with Crippen LogP contribution in [0.25, 0.3) is 0 Å². The number of alkyl halides is 3. The maximum Gasteiger partial charge on any atom is 0.438 e. The second-order valence-electron chi connectivity index (χ2n) is 5.90. The van der Waals surface area contributed by atoms with Gasteiger partial charge >= 0.3 is 6.18 Å². The summed E-state index contributed by atoms with van der Waals surface area (Å²) in [6, 6.07) is 12.1. The van der Waals surface area contributed by atoms with Crippen LogP contribution in [-0.2, 0) is 0 Å². The third kappa shape index (κ3) is 3.57. The Kier molecular flexibility index (Phi) is 5.00. The fourth-order valence-electron chi connectivity index (χ4n) is 2.69. The van der Waals surface area contributed by atoms with Crippen molar-refractivity contribution in [3.63, 3.8) is 0 Å². The number of ether oxygens (including phenoxy) is 1. The molecular formula is C18H14BrF3N2O3. The zero-order valence-electron chi connectivity index (χ0n) is 14.0. The number of halogens is 4. The lowest BCUT2D eigenvalue weighted by atomic mass is 10.0. The second kappa shape index (κ2) is 6.97. The fourth-order valence-corrected chi connectivity index (χ4v) is 3.09. The van der Waals surface area contributed by atoms with E-state index in [4.69, 9.17) is 4.74 Å². The Morgan fingerprint density at radius 3 is 2.59 bits per heavy atom. The van der Waals surface area contributed by atoms with Crippen LogP contribution in [0.2, 0.25) is 0 Å². The summed E-state index contributed by atoms with van der Waals surface area (Å²) in [5.41, 5.74) is -3.21. The van der Waals surface area contributed by atoms with E-state index in [1.165, 1.54) is 25.3 Å². The molecule has 2 aromatic carbocycles. The van der Waals surface area contributed by atoms with Crippen LogP contribution in [-0.4, -0.2) is 40.7 Å². The van der Waals surface area contributed by atoms with E-state index in [2.05, 4.69) is 21.0 Å². The van der Waals surface area contributed by atoms with E-state index in [0.29, 0.717) is 15.8 Å². The van der Waals surface area contributed by atoms with Gasteiger partial charge in [0, 0.05) is 10.0 Å². The average Bonchev–Trinajstić information content (AvgIpc) is 3.00. The number of hydrogen-bond acceptors (Lipinski definition) is 4. The summed E-state index contributed by atoms with van der Waals surface area (Å²) in [6.07, 6.45) is -5.97. The number of methoxy groups -OCH3 is 1. The van der Waals surface area contributed by atoms with Gasteiger partial charge in [0.05, 0.1) is 19.2 Å². The van der Waals surface area contributed by atoms with E-state index in [1.807, 2.05) is 0 Å². The minimum Gasteiger partial charge on any atom is -0.497 e. The number of hydrogen-bond donors (Lipinski definition) is 1. The minimum absolute atomic E-state index is 0.0487. The third-order valence-electron chi connectivity index (χ3n) is 4.11. The van der Waals surface area contributed by atoms with Gasteiger partial charge in [-0.05, 0) is 35.9 Å². The van der Waals surface area contributed by atoms with Crippen LogP contribution in [0.1, 0.15) is 22.3 Å². The molecule has 1 aliphatic heterocycles. The van der Waals surface area contributed by atoms with Gasteiger partial charge in [0.25, 0.3) is 11.6 Å². The highest BCUT2D eigenvalue weighted by Gasteiger charge is 2.63. The lowest BCUT2D eigenvalue weighted by Gasteiger charge is -2.32. The van der Waals surface area contributed by atoms with Gasteiger partial charge in [-0.1, -0.05) is 34.1 Å². The average molecular weight is 443 g/mol. The first-order valence-corrected chi connectivity index (χ1v) is 8.56. The molecule has 0 saturated carbocycles. The van der Waals surface area contributed by atoms with E-state index in [9.17, 15) is 23.1 Å². The number of hydrazone groups is 1. The molecule has 2 aromatic rings. The summed E-state index contributed by atoms with van der Waals surface area (Å²) in [6.45, 7) is 0. The van der Waals surface area contributed by atoms with Crippen molar-refractivity contribution in [2.75, 3.05) is 7.11 Å². The monoisotopic (exact) mass is 442 g/mol. The molecule has 9 heteroatoms. The molecule has 1 aliphatic rings. The molecule has 27 heavy (non-hydrogen) atoms. The lowest BCUT2D eigenvalue weighted by Crippen LogP contribution is -2.56. The van der Waals surface area contributed by atoms with Gasteiger partial charge in [-0.15, -0.1) is 0 Å². The first-order chi connectivity index (χ1) is 12.7. The molecule has 1 unspecified atom stereocenters. The lowest BCUT2D eigenvalue weighted by molar-refractivity contribution is -0.297. The smallest absolute Gasteiger partial charge is 0.438 e. The molecule has 1 heterocycles. The molecule has 0 spiro atoms. The normalized spacial score (nSPS) is 19.8. The van der Waals surface area contributed by atoms with Crippen molar-refractivity contribution in [3.05, 3.63) is 64.1 Å². The van der Waals surface area contributed by atoms with E-state index in [1.54, 1.807) is 30.3 Å². The standard InChI is InChI=1S/C18H14BrF3N2O3/c1-27-14-7-3-5-12(9-14)16(25)24-17(26,18(20,21)22)10-15(23-24)11-4-2-6-13(19)8-11/h2-9,26H,10H2,1H3. The second-order valence-corrected chi connectivity index (χ2v) is 6.81. The zero-order valence-corrected chi connectivity index (χ0v) is 15.6. The summed E-state index contributed by atoms with van der Waals surface area (Å²) in [4.78, 5) is 12.7. The van der Waals surface area contributed by atoms with Crippen LogP contribution in [0.5, 0.6) is 5.75 Å². The molecule has 1 atom stereocenters. The Hall–Kier alpha value is -2.39. The first kappa shape index (κ1) is 19.4. The molecule has 1 N–H and O–H groups in total. The summed E-state index contributed by atoms with van der Waals surface area (Å²) in [5, 5.41) is 14.3. The van der Waals surface area contributed by atoms with E-state index < -0.39 is 24.2 Å². The van der Waals surface area contributed by atoms with Gasteiger partial charge in [-0.3, -0.25) is 4.79 Å². The fraction of sp³-hybridized carbons (Fsp3) is 0.222. The molecule has 0 bridgehead atoms. The summed E-state index contributed by atoms with van der Waals surface area (Å²) >= 11 is 3.24. The number of carbonyl (C=O) groups excluding carboxylic acids is 1. The largest absolute Gasteiger partial charge is 0.497 e. The SMILES string of the molecule is COc1cccc(C(=O)N2N=C(c3cccc(Br)c3)CC2(O)C(F)(F)F)c1. The Morgan fingerprint density at radius 2 is 1.96 bits per heavy atom. The van der Waals surface area contributed by atoms with Crippen LogP contribution in [0.15, 0.2) is 58.1 Å². The molecule has 0 aromatic heterocycles. The van der Waals surface area contributed by atoms with Crippen LogP contribution in [0, 0.1) is 0 Å². The van der Waals surface area contributed by atoms with E-state index in [0.717, 1.165) is 0 Å². The third-order valence-corrected chi connectivity index (χ3v) is 4.60. The maximum absolute atomic E-state index is 13.6. The van der Waals surface area contributed by atoms with Crippen molar-refractivity contribution in [2.24, 2.45) is 5.10 Å². The number of rotatable bonds is 3. The zero-order chi connectivity index (χ0) is 19.8. The van der Waals surface area contributed by atoms with Crippen molar-refractivity contribution < 1.29 is 27.8 Å². The van der Waals surface area contributed by atoms with Gasteiger partial charge in [0.2, 0.25) is 0 Å². The topological polar surface area (TPSA) is 62.1 Å². The molecule has 1 amide bonds. The molecule has 3 rings (SSSR count). The van der Waals surface area contributed by atoms with Crippen molar-refractivity contribution in [1.82, 2.24) is 5.01 Å². The molecule has 5 nitrogen and oxygen atoms in total. The Labute approximate surface area is 161 Å². The minimum atomic E-state index is -5.10. The Bertz CT molecular complexity index is 917. The number of carbonyl (C=O) groups is 1. The molecule has 0 saturated heterocycles. The van der Waals surface area contributed by atoms with Gasteiger partial charge < -0.3 is 9.84 Å². The van der Waals surface area contributed by atoms with Gasteiger partial charge in [-0.25, -0.2) is 0 Å². The van der Waals surface area contributed by atoms with Crippen LogP contribution >= 0.6 is 15.9 Å². The van der Waals surface area contributed by atoms with Crippen molar-refractivity contribution >= 4 is 27.5 Å². The van der Waals surface area contributed by atoms with Gasteiger partial charge in [0.1, 0.15) is 5.75 Å². The molecule has 142 valence electrons. The number of nitrogens with zero attached hydrogens (tertiary/aromatic N) is 2. The molecule has 0 radical (unpaired) electrons. The number of benzene rings is 2. The predicted octanol–water partition coefficient (Wildman–Crippen LogP) is 3.96. The van der Waals surface area contributed by atoms with Crippen molar-refractivity contribution in [3.8, 4) is 5.75 Å². The predicted molar refractivity (Wildman–Crippen MR) is 95.5 cm³/mol. The van der Waals surface area contributed by atoms with Crippen LogP contribution in [0.3, 0.4) is 0 Å². The number of aliphatic hydroxyl groups is 1. The number of amides is 1. The van der Waals surface area contributed by atoms with E-state index in [-0.39, 0.29) is 16.3 Å². The van der Waals surface area contributed by atoms with Crippen LogP contribution < -0.4 is 4.74 Å². The molecule has 0 fully saturated rings. The first-order valence-electron chi connectivity index (χ1n) is 7.77. The maximum atomic E-state index is 13.6.